The third-order valence-corrected chi connectivity index (χ3v) is 5.93. The largest absolute Gasteiger partial charge is 0.497 e. The summed E-state index contributed by atoms with van der Waals surface area (Å²) >= 11 is 0. The number of aromatic nitrogens is 1. The maximum Gasteiger partial charge on any atom is 0.324 e. The Bertz CT molecular complexity index is 938. The number of carbonyl (C=O) groups is 1. The predicted molar refractivity (Wildman–Crippen MR) is 128 cm³/mol. The number of amides is 2. The smallest absolute Gasteiger partial charge is 0.324 e. The molecule has 9 heteroatoms. The summed E-state index contributed by atoms with van der Waals surface area (Å²) in [6.45, 7) is 5.13. The normalized spacial score (nSPS) is 13.6. The monoisotopic (exact) mass is 458 g/mol. The van der Waals surface area contributed by atoms with E-state index in [4.69, 9.17) is 18.9 Å². The Labute approximate surface area is 195 Å². The van der Waals surface area contributed by atoms with E-state index in [9.17, 15) is 4.79 Å². The first kappa shape index (κ1) is 24.4. The number of pyridine rings is 1. The molecule has 33 heavy (non-hydrogen) atoms. The molecule has 2 amide bonds. The van der Waals surface area contributed by atoms with Crippen LogP contribution in [0.15, 0.2) is 24.3 Å². The molecular weight excluding hydrogens is 424 g/mol. The molecule has 1 aliphatic heterocycles. The fourth-order valence-corrected chi connectivity index (χ4v) is 3.91. The van der Waals surface area contributed by atoms with Crippen molar-refractivity contribution in [3.8, 4) is 17.4 Å². The highest BCUT2D eigenvalue weighted by molar-refractivity contribution is 5.93. The Morgan fingerprint density at radius 3 is 2.15 bits per heavy atom. The van der Waals surface area contributed by atoms with Crippen LogP contribution < -0.4 is 24.0 Å². The Morgan fingerprint density at radius 1 is 0.970 bits per heavy atom. The van der Waals surface area contributed by atoms with Crippen molar-refractivity contribution in [2.24, 2.45) is 0 Å². The first-order chi connectivity index (χ1) is 15.9. The number of carbonyl (C=O) groups excluding carboxylic acids is 1. The van der Waals surface area contributed by atoms with Crippen molar-refractivity contribution in [3.63, 3.8) is 0 Å². The first-order valence-corrected chi connectivity index (χ1v) is 11.0. The minimum absolute atomic E-state index is 0.0838. The zero-order valence-corrected chi connectivity index (χ0v) is 20.4. The van der Waals surface area contributed by atoms with Crippen molar-refractivity contribution in [2.75, 3.05) is 78.1 Å². The lowest BCUT2D eigenvalue weighted by atomic mass is 10.1. The molecule has 0 spiro atoms. The number of aryl methyl sites for hydroxylation is 1. The number of methoxy groups -OCH3 is 4. The highest BCUT2D eigenvalue weighted by Crippen LogP contribution is 2.31. The van der Waals surface area contributed by atoms with E-state index in [0.29, 0.717) is 44.4 Å². The minimum Gasteiger partial charge on any atom is -0.497 e. The maximum absolute atomic E-state index is 13.3. The van der Waals surface area contributed by atoms with Gasteiger partial charge in [0.1, 0.15) is 17.2 Å². The number of ether oxygens (including phenoxy) is 4. The number of benzene rings is 1. The number of rotatable bonds is 8. The molecule has 0 radical (unpaired) electrons. The number of urea groups is 1. The summed E-state index contributed by atoms with van der Waals surface area (Å²) in [4.78, 5) is 23.6. The molecular formula is C24H34N4O5. The van der Waals surface area contributed by atoms with Gasteiger partial charge in [-0.15, -0.1) is 0 Å². The van der Waals surface area contributed by atoms with E-state index in [1.54, 1.807) is 40.4 Å². The summed E-state index contributed by atoms with van der Waals surface area (Å²) < 4.78 is 21.5. The average Bonchev–Trinajstić information content (AvgIpc) is 2.86. The Kier molecular flexibility index (Phi) is 8.21. The van der Waals surface area contributed by atoms with Crippen LogP contribution in [0.25, 0.3) is 0 Å². The fourth-order valence-electron chi connectivity index (χ4n) is 3.91. The van der Waals surface area contributed by atoms with Gasteiger partial charge in [0, 0.05) is 69.9 Å². The molecule has 2 heterocycles. The predicted octanol–water partition coefficient (Wildman–Crippen LogP) is 2.98. The summed E-state index contributed by atoms with van der Waals surface area (Å²) in [6.07, 6.45) is 0.719. The van der Waals surface area contributed by atoms with E-state index >= 15 is 0 Å². The third kappa shape index (κ3) is 5.60. The van der Waals surface area contributed by atoms with Crippen molar-refractivity contribution in [2.45, 2.75) is 13.3 Å². The minimum atomic E-state index is -0.0838. The van der Waals surface area contributed by atoms with Gasteiger partial charge in [0.2, 0.25) is 5.88 Å². The summed E-state index contributed by atoms with van der Waals surface area (Å²) in [6, 6.07) is 7.70. The van der Waals surface area contributed by atoms with E-state index in [0.717, 1.165) is 34.9 Å². The zero-order chi connectivity index (χ0) is 24.0. The second-order valence-electron chi connectivity index (χ2n) is 7.89. The van der Waals surface area contributed by atoms with Gasteiger partial charge in [0.15, 0.2) is 0 Å². The first-order valence-electron chi connectivity index (χ1n) is 11.0. The van der Waals surface area contributed by atoms with Crippen LogP contribution in [0.1, 0.15) is 11.3 Å². The van der Waals surface area contributed by atoms with Crippen LogP contribution in [0, 0.1) is 6.92 Å². The van der Waals surface area contributed by atoms with E-state index in [-0.39, 0.29) is 6.03 Å². The van der Waals surface area contributed by atoms with E-state index in [1.165, 1.54) is 0 Å². The molecule has 0 saturated carbocycles. The number of nitrogens with zero attached hydrogens (tertiary/aromatic N) is 4. The second kappa shape index (κ2) is 11.1. The summed E-state index contributed by atoms with van der Waals surface area (Å²) in [5.41, 5.74) is 3.57. The van der Waals surface area contributed by atoms with E-state index < -0.39 is 0 Å². The quantitative estimate of drug-likeness (QED) is 0.602. The van der Waals surface area contributed by atoms with Gasteiger partial charge in [-0.3, -0.25) is 4.90 Å². The topological polar surface area (TPSA) is 76.6 Å². The lowest BCUT2D eigenvalue weighted by Crippen LogP contribution is -2.52. The van der Waals surface area contributed by atoms with Gasteiger partial charge in [0.25, 0.3) is 0 Å². The molecule has 9 nitrogen and oxygen atoms in total. The van der Waals surface area contributed by atoms with Crippen molar-refractivity contribution in [1.82, 2.24) is 9.88 Å². The standard InChI is InChI=1S/C24H34N4O5/c1-17-18(7-12-30-3)13-22(23(25-17)33-6)26(2)24(29)28-10-8-27(9-11-28)19-14-20(31-4)16-21(15-19)32-5/h13-16H,7-12H2,1-6H3. The molecule has 1 fully saturated rings. The maximum atomic E-state index is 13.3. The average molecular weight is 459 g/mol. The van der Waals surface area contributed by atoms with Crippen LogP contribution in [0.5, 0.6) is 17.4 Å². The number of anilines is 2. The molecule has 1 saturated heterocycles. The molecule has 0 aliphatic carbocycles. The van der Waals surface area contributed by atoms with E-state index in [1.807, 2.05) is 36.1 Å². The number of hydrogen-bond acceptors (Lipinski definition) is 7. The molecule has 0 bridgehead atoms. The van der Waals surface area contributed by atoms with Crippen molar-refractivity contribution < 1.29 is 23.7 Å². The molecule has 1 aromatic carbocycles. The van der Waals surface area contributed by atoms with Crippen LogP contribution >= 0.6 is 0 Å². The van der Waals surface area contributed by atoms with Gasteiger partial charge < -0.3 is 28.7 Å². The summed E-state index contributed by atoms with van der Waals surface area (Å²) in [7, 11) is 8.28. The lowest BCUT2D eigenvalue weighted by molar-refractivity contribution is 0.201. The highest BCUT2D eigenvalue weighted by atomic mass is 16.5. The highest BCUT2D eigenvalue weighted by Gasteiger charge is 2.27. The number of hydrogen-bond donors (Lipinski definition) is 0. The molecule has 1 aliphatic rings. The molecule has 0 atom stereocenters. The van der Waals surface area contributed by atoms with Gasteiger partial charge in [-0.2, -0.15) is 0 Å². The Balaban J connectivity index is 1.72. The van der Waals surface area contributed by atoms with E-state index in [2.05, 4.69) is 9.88 Å². The van der Waals surface area contributed by atoms with Crippen molar-refractivity contribution >= 4 is 17.4 Å². The summed E-state index contributed by atoms with van der Waals surface area (Å²) in [5, 5.41) is 0. The molecule has 2 aromatic rings. The second-order valence-corrected chi connectivity index (χ2v) is 7.89. The van der Waals surface area contributed by atoms with Gasteiger partial charge in [-0.1, -0.05) is 0 Å². The van der Waals surface area contributed by atoms with Gasteiger partial charge in [-0.25, -0.2) is 9.78 Å². The van der Waals surface area contributed by atoms with Crippen LogP contribution in [0.2, 0.25) is 0 Å². The summed E-state index contributed by atoms with van der Waals surface area (Å²) in [5.74, 6) is 1.92. The van der Waals surface area contributed by atoms with Gasteiger partial charge in [-0.05, 0) is 25.0 Å². The van der Waals surface area contributed by atoms with Crippen molar-refractivity contribution in [1.29, 1.82) is 0 Å². The molecule has 3 rings (SSSR count). The number of piperazine rings is 1. The van der Waals surface area contributed by atoms with Gasteiger partial charge >= 0.3 is 6.03 Å². The lowest BCUT2D eigenvalue weighted by Gasteiger charge is -2.38. The third-order valence-electron chi connectivity index (χ3n) is 5.93. The molecule has 0 N–H and O–H groups in total. The Hall–Kier alpha value is -3.20. The van der Waals surface area contributed by atoms with Crippen LogP contribution in [-0.2, 0) is 11.2 Å². The SMILES string of the molecule is COCCc1cc(N(C)C(=O)N2CCN(c3cc(OC)cc(OC)c3)CC2)c(OC)nc1C. The van der Waals surface area contributed by atoms with Crippen LogP contribution in [0.4, 0.5) is 16.2 Å². The van der Waals surface area contributed by atoms with Gasteiger partial charge in [0.05, 0.1) is 27.9 Å². The fraction of sp³-hybridized carbons (Fsp3) is 0.500. The Morgan fingerprint density at radius 2 is 1.61 bits per heavy atom. The van der Waals surface area contributed by atoms with Crippen molar-refractivity contribution in [3.05, 3.63) is 35.5 Å². The molecule has 180 valence electrons. The van der Waals surface area contributed by atoms with Crippen LogP contribution in [0.3, 0.4) is 0 Å². The zero-order valence-electron chi connectivity index (χ0n) is 20.4. The molecule has 0 unspecified atom stereocenters. The van der Waals surface area contributed by atoms with Crippen LogP contribution in [-0.4, -0.2) is 84.2 Å². The molecule has 1 aromatic heterocycles.